The fraction of sp³-hybridized carbons (Fsp3) is 0.154. The first kappa shape index (κ1) is 28.8. The number of rotatable bonds is 2. The van der Waals surface area contributed by atoms with Crippen LogP contribution in [0.3, 0.4) is 0 Å². The maximum absolute atomic E-state index is 2.25. The number of hydrogen-bond donors (Lipinski definition) is 0. The van der Waals surface area contributed by atoms with Crippen LogP contribution in [-0.4, -0.2) is 5.43 Å². The van der Waals surface area contributed by atoms with Crippen LogP contribution in [0.1, 0.15) is 22.3 Å². The molecule has 0 aliphatic rings. The third kappa shape index (κ3) is 9.75. The average molecular weight is 531 g/mol. The summed E-state index contributed by atoms with van der Waals surface area (Å²) in [7, 11) is 0. The molecule has 4 aromatic rings. The van der Waals surface area contributed by atoms with E-state index < -0.39 is 5.43 Å². The van der Waals surface area contributed by atoms with Crippen molar-refractivity contribution in [2.45, 2.75) is 27.7 Å². The number of hydrogen-bond acceptors (Lipinski definition) is 0. The Hall–Kier alpha value is -1.18. The molecule has 0 saturated carbocycles. The van der Waals surface area contributed by atoms with Crippen molar-refractivity contribution < 1.29 is 48.1 Å². The van der Waals surface area contributed by atoms with Crippen molar-refractivity contribution in [3.05, 3.63) is 119 Å². The average Bonchev–Trinajstić information content (AvgIpc) is 3.30. The predicted molar refractivity (Wildman–Crippen MR) is 121 cm³/mol. The first-order chi connectivity index (χ1) is 13.5. The van der Waals surface area contributed by atoms with Crippen LogP contribution >= 0.6 is 0 Å². The molecule has 4 heteroatoms. The molecule has 0 amide bonds. The summed E-state index contributed by atoms with van der Waals surface area (Å²) in [4.78, 5) is 0. The van der Waals surface area contributed by atoms with Crippen molar-refractivity contribution in [3.8, 4) is 0 Å². The van der Waals surface area contributed by atoms with Gasteiger partial charge in [0.15, 0.2) is 0 Å². The van der Waals surface area contributed by atoms with E-state index in [0.717, 1.165) is 0 Å². The number of halogens is 2. The molecule has 0 aliphatic heterocycles. The summed E-state index contributed by atoms with van der Waals surface area (Å²) in [6.45, 7) is 8.48. The van der Waals surface area contributed by atoms with Crippen molar-refractivity contribution in [2.24, 2.45) is 0 Å². The quantitative estimate of drug-likeness (QED) is 0.240. The third-order valence-corrected chi connectivity index (χ3v) is 10.8. The molecule has 156 valence electrons. The molecule has 30 heavy (non-hydrogen) atoms. The fourth-order valence-corrected chi connectivity index (χ4v) is 6.42. The second kappa shape index (κ2) is 15.6. The Morgan fingerprint density at radius 3 is 1.10 bits per heavy atom. The van der Waals surface area contributed by atoms with Crippen molar-refractivity contribution in [2.75, 3.05) is 0 Å². The van der Waals surface area contributed by atoms with Gasteiger partial charge in [-0.2, -0.15) is 46.5 Å². The number of aryl methyl sites for hydroxylation is 4. The maximum atomic E-state index is 2.25. The fourth-order valence-electron chi connectivity index (χ4n) is 2.58. The molecule has 0 spiro atoms. The minimum atomic E-state index is -0.455. The van der Waals surface area contributed by atoms with Crippen LogP contribution in [-0.2, 0) is 23.3 Å². The van der Waals surface area contributed by atoms with Gasteiger partial charge in [-0.1, -0.05) is 27.7 Å². The van der Waals surface area contributed by atoms with E-state index in [1.807, 2.05) is 0 Å². The second-order valence-corrected chi connectivity index (χ2v) is 12.5. The van der Waals surface area contributed by atoms with E-state index in [2.05, 4.69) is 125 Å². The Morgan fingerprint density at radius 2 is 0.900 bits per heavy atom. The Morgan fingerprint density at radius 1 is 0.567 bits per heavy atom. The van der Waals surface area contributed by atoms with Crippen LogP contribution in [0.5, 0.6) is 0 Å². The summed E-state index contributed by atoms with van der Waals surface area (Å²) < 4.78 is 0. The van der Waals surface area contributed by atoms with Gasteiger partial charge in [-0.15, -0.1) is 0 Å². The van der Waals surface area contributed by atoms with Gasteiger partial charge in [0.1, 0.15) is 0 Å². The van der Waals surface area contributed by atoms with Crippen LogP contribution in [0.4, 0.5) is 0 Å². The summed E-state index contributed by atoms with van der Waals surface area (Å²) in [6, 6.07) is 34.3. The molecule has 0 N–H and O–H groups in total. The Labute approximate surface area is 209 Å². The first-order valence-electron chi connectivity index (χ1n) is 9.56. The molecule has 0 bridgehead atoms. The summed E-state index contributed by atoms with van der Waals surface area (Å²) in [6.07, 6.45) is 0. The summed E-state index contributed by atoms with van der Waals surface area (Å²) >= 11 is 1.64. The molecule has 0 nitrogen and oxygen atoms in total. The van der Waals surface area contributed by atoms with Gasteiger partial charge < -0.3 is 24.8 Å². The monoisotopic (exact) mass is 528 g/mol. The van der Waals surface area contributed by atoms with Gasteiger partial charge in [-0.3, -0.25) is 0 Å². The zero-order valence-corrected chi connectivity index (χ0v) is 23.0. The first-order valence-corrected chi connectivity index (χ1v) is 14.7. The molecule has 0 aliphatic carbocycles. The molecule has 4 aromatic carbocycles. The summed E-state index contributed by atoms with van der Waals surface area (Å²) in [5.74, 6) is 0. The van der Waals surface area contributed by atoms with Crippen molar-refractivity contribution in [3.63, 3.8) is 0 Å². The minimum absolute atomic E-state index is 0. The van der Waals surface area contributed by atoms with Gasteiger partial charge in [-0.05, 0) is 0 Å². The molecular formula is C26H28Cl2SiZr-2. The molecule has 0 saturated heterocycles. The summed E-state index contributed by atoms with van der Waals surface area (Å²) in [5, 5.41) is 3.03. The molecule has 4 rings (SSSR count). The molecule has 0 aromatic heterocycles. The van der Waals surface area contributed by atoms with E-state index in [-0.39, 0.29) is 24.8 Å². The predicted octanol–water partition coefficient (Wildman–Crippen LogP) is -0.608. The van der Waals surface area contributed by atoms with E-state index in [1.54, 1.807) is 23.3 Å². The number of benzene rings is 2. The van der Waals surface area contributed by atoms with E-state index >= 15 is 0 Å². The topological polar surface area (TPSA) is 0 Å². The van der Waals surface area contributed by atoms with E-state index in [0.29, 0.717) is 0 Å². The van der Waals surface area contributed by atoms with Gasteiger partial charge in [0.2, 0.25) is 0 Å². The third-order valence-electron chi connectivity index (χ3n) is 4.75. The Bertz CT molecular complexity index is 860. The Kier molecular flexibility index (Phi) is 15.0. The molecular weight excluding hydrogens is 503 g/mol. The van der Waals surface area contributed by atoms with Crippen molar-refractivity contribution in [1.82, 2.24) is 0 Å². The molecule has 0 radical (unpaired) electrons. The van der Waals surface area contributed by atoms with E-state index in [4.69, 9.17) is 0 Å². The Balaban J connectivity index is 0.000000448. The van der Waals surface area contributed by atoms with Gasteiger partial charge in [0, 0.05) is 0 Å². The van der Waals surface area contributed by atoms with Crippen LogP contribution < -0.4 is 35.2 Å². The SMILES string of the molecule is Cc1cc[cH-]c1C.Cc1cc[cH-]c1C.[Cl-].[Cl-].[Zr+2]=[Si](c1ccccc1)c1ccccc1. The van der Waals surface area contributed by atoms with Gasteiger partial charge in [-0.25, -0.2) is 12.1 Å². The second-order valence-electron chi connectivity index (χ2n) is 6.89. The normalized spacial score (nSPS) is 9.00. The molecule has 0 fully saturated rings. The van der Waals surface area contributed by atoms with E-state index in [9.17, 15) is 0 Å². The van der Waals surface area contributed by atoms with Crippen LogP contribution in [0.2, 0.25) is 0 Å². The van der Waals surface area contributed by atoms with Crippen LogP contribution in [0.15, 0.2) is 97.1 Å². The van der Waals surface area contributed by atoms with E-state index in [1.165, 1.54) is 32.6 Å². The van der Waals surface area contributed by atoms with Crippen LogP contribution in [0.25, 0.3) is 0 Å². The van der Waals surface area contributed by atoms with Crippen molar-refractivity contribution >= 4 is 15.8 Å². The van der Waals surface area contributed by atoms with Gasteiger partial charge in [0.05, 0.1) is 0 Å². The zero-order chi connectivity index (χ0) is 20.4. The van der Waals surface area contributed by atoms with Gasteiger partial charge >= 0.3 is 99.8 Å². The van der Waals surface area contributed by atoms with Crippen LogP contribution in [0, 0.1) is 27.7 Å². The standard InChI is InChI=1S/C12H10Si.2C7H9.2ClH.Zr/c1-3-7-11(8-4-1)13-12-9-5-2-6-10-12;2*1-6-4-3-5-7(6)2;;;/h1-10H;2*3-5H,1-2H3;2*1H;/q;2*-1;;;+2/p-2. The van der Waals surface area contributed by atoms with Crippen molar-refractivity contribution in [1.29, 1.82) is 0 Å². The zero-order valence-electron chi connectivity index (χ0n) is 18.0. The van der Waals surface area contributed by atoms with Gasteiger partial charge in [0.25, 0.3) is 0 Å². The molecule has 0 unspecified atom stereocenters. The summed E-state index contributed by atoms with van der Waals surface area (Å²) in [5.41, 5.74) is 5.10. The molecule has 0 heterocycles. The molecule has 0 atom stereocenters.